The molecule has 3 aromatic rings. The van der Waals surface area contributed by atoms with Crippen LogP contribution in [-0.2, 0) is 19.8 Å². The molecule has 0 aliphatic carbocycles. The van der Waals surface area contributed by atoms with E-state index in [1.54, 1.807) is 24.8 Å². The van der Waals surface area contributed by atoms with Crippen molar-refractivity contribution in [2.75, 3.05) is 18.4 Å². The van der Waals surface area contributed by atoms with Gasteiger partial charge < -0.3 is 20.0 Å². The molecule has 210 valence electrons. The smallest absolute Gasteiger partial charge is 0.416 e. The highest BCUT2D eigenvalue weighted by atomic mass is 35.5. The molecule has 4 heterocycles. The number of benzene rings is 1. The van der Waals surface area contributed by atoms with Gasteiger partial charge in [-0.3, -0.25) is 15.2 Å². The van der Waals surface area contributed by atoms with Gasteiger partial charge in [0.15, 0.2) is 17.1 Å². The van der Waals surface area contributed by atoms with Crippen LogP contribution in [-0.4, -0.2) is 50.9 Å². The molecule has 15 heteroatoms. The summed E-state index contributed by atoms with van der Waals surface area (Å²) in [5.74, 6) is -2.42. The number of fused-ring (bicyclic) bond motifs is 1. The zero-order valence-corrected chi connectivity index (χ0v) is 21.7. The third-order valence-corrected chi connectivity index (χ3v) is 6.70. The lowest BCUT2D eigenvalue weighted by atomic mass is 10.1. The Kier molecular flexibility index (Phi) is 7.33. The number of aryl methyl sites for hydroxylation is 1. The average molecular weight is 582 g/mol. The van der Waals surface area contributed by atoms with Crippen LogP contribution in [0.1, 0.15) is 17.5 Å². The molecule has 2 aromatic heterocycles. The number of imidazole rings is 1. The summed E-state index contributed by atoms with van der Waals surface area (Å²) in [5.41, 5.74) is 0.451. The highest BCUT2D eigenvalue weighted by Crippen LogP contribution is 2.36. The summed E-state index contributed by atoms with van der Waals surface area (Å²) in [6, 6.07) is 3.34. The number of ether oxygens (including phenoxy) is 1. The van der Waals surface area contributed by atoms with Gasteiger partial charge in [-0.05, 0) is 23.8 Å². The molecule has 1 saturated heterocycles. The van der Waals surface area contributed by atoms with E-state index in [0.717, 1.165) is 18.3 Å². The molecular formula is C25H23ClF5N8O+. The molecule has 0 radical (unpaired) electrons. The van der Waals surface area contributed by atoms with Gasteiger partial charge in [0, 0.05) is 32.2 Å². The zero-order chi connectivity index (χ0) is 28.7. The molecule has 2 aliphatic heterocycles. The van der Waals surface area contributed by atoms with E-state index in [9.17, 15) is 22.0 Å². The van der Waals surface area contributed by atoms with E-state index in [1.165, 1.54) is 27.9 Å². The Morgan fingerprint density at radius 1 is 1.30 bits per heavy atom. The van der Waals surface area contributed by atoms with Gasteiger partial charge >= 0.3 is 6.18 Å². The van der Waals surface area contributed by atoms with Gasteiger partial charge in [0.2, 0.25) is 11.7 Å². The van der Waals surface area contributed by atoms with Gasteiger partial charge in [0.25, 0.3) is 5.92 Å². The summed E-state index contributed by atoms with van der Waals surface area (Å²) in [5, 5.41) is 12.4. The van der Waals surface area contributed by atoms with Gasteiger partial charge in [0.1, 0.15) is 16.7 Å². The first-order chi connectivity index (χ1) is 18.9. The maximum absolute atomic E-state index is 13.7. The molecule has 0 bridgehead atoms. The predicted molar refractivity (Wildman–Crippen MR) is 139 cm³/mol. The highest BCUT2D eigenvalue weighted by Gasteiger charge is 2.38. The minimum Gasteiger partial charge on any atom is -0.446 e. The second-order valence-electron chi connectivity index (χ2n) is 9.31. The summed E-state index contributed by atoms with van der Waals surface area (Å²) in [7, 11) is 1.60. The van der Waals surface area contributed by atoms with Crippen molar-refractivity contribution in [3.05, 3.63) is 64.4 Å². The van der Waals surface area contributed by atoms with Crippen molar-refractivity contribution >= 4 is 46.8 Å². The topological polar surface area (TPSA) is 108 Å². The number of alkyl halides is 5. The lowest BCUT2D eigenvalue weighted by Crippen LogP contribution is -2.77. The molecule has 1 fully saturated rings. The van der Waals surface area contributed by atoms with Gasteiger partial charge in [-0.1, -0.05) is 11.6 Å². The Hall–Kier alpha value is -3.88. The predicted octanol–water partition coefficient (Wildman–Crippen LogP) is 4.58. The number of nitrogens with zero attached hydrogens (tertiary/aromatic N) is 5. The monoisotopic (exact) mass is 581 g/mol. The SMILES string of the molecule is Cn1c(Nc2cc(CN3CCC(F)(F)C3)cc(C(F)(F)F)c2)nc2ncc(O/C(C=N)=C3\C=NC=C[NH2+]3)c(Cl)c21. The number of pyridine rings is 1. The standard InChI is InChI=1S/C25H22ClF5N8O/c1-38-21-20(26)19(40-18(9-32)17-10-33-3-4-34-17)11-35-22(21)37-23(38)36-16-7-14(6-15(8-16)25(29,30)31)12-39-5-2-24(27,28)13-39/h3-4,6-11,32,34H,2,5,12-13H2,1H3,(H,35,36,37)/p+1/b18-17+,32-9?. The Morgan fingerprint density at radius 3 is 2.75 bits per heavy atom. The molecule has 0 atom stereocenters. The van der Waals surface area contributed by atoms with Crippen LogP contribution in [0.15, 0.2) is 53.2 Å². The van der Waals surface area contributed by atoms with E-state index in [1.807, 2.05) is 0 Å². The first-order valence-corrected chi connectivity index (χ1v) is 12.4. The quantitative estimate of drug-likeness (QED) is 0.215. The van der Waals surface area contributed by atoms with Crippen molar-refractivity contribution < 1.29 is 32.0 Å². The number of anilines is 2. The number of rotatable bonds is 7. The molecule has 0 unspecified atom stereocenters. The third kappa shape index (κ3) is 5.83. The van der Waals surface area contributed by atoms with Gasteiger partial charge in [-0.15, -0.1) is 0 Å². The fourth-order valence-corrected chi connectivity index (χ4v) is 4.74. The van der Waals surface area contributed by atoms with E-state index >= 15 is 0 Å². The Bertz CT molecular complexity index is 1560. The number of aromatic nitrogens is 3. The summed E-state index contributed by atoms with van der Waals surface area (Å²) >= 11 is 6.61. The highest BCUT2D eigenvalue weighted by molar-refractivity contribution is 6.36. The minimum atomic E-state index is -4.65. The number of nitrogens with one attached hydrogen (secondary N) is 2. The first-order valence-electron chi connectivity index (χ1n) is 12.0. The van der Waals surface area contributed by atoms with Crippen LogP contribution in [0.3, 0.4) is 0 Å². The maximum atomic E-state index is 13.7. The molecule has 9 nitrogen and oxygen atoms in total. The summed E-state index contributed by atoms with van der Waals surface area (Å²) in [4.78, 5) is 14.0. The van der Waals surface area contributed by atoms with E-state index in [-0.39, 0.29) is 58.9 Å². The fourth-order valence-electron chi connectivity index (χ4n) is 4.44. The molecular weight excluding hydrogens is 559 g/mol. The van der Waals surface area contributed by atoms with Crippen LogP contribution in [0.4, 0.5) is 33.6 Å². The molecule has 40 heavy (non-hydrogen) atoms. The second-order valence-corrected chi connectivity index (χ2v) is 9.69. The van der Waals surface area contributed by atoms with E-state index in [0.29, 0.717) is 11.2 Å². The minimum absolute atomic E-state index is 0.0619. The lowest BCUT2D eigenvalue weighted by molar-refractivity contribution is -0.528. The Balaban J connectivity index is 1.45. The normalized spacial score (nSPS) is 18.4. The molecule has 5 rings (SSSR count). The van der Waals surface area contributed by atoms with Gasteiger partial charge in [0.05, 0.1) is 36.9 Å². The third-order valence-electron chi connectivity index (χ3n) is 6.33. The maximum Gasteiger partial charge on any atom is 0.416 e. The molecule has 0 amide bonds. The second kappa shape index (κ2) is 10.6. The summed E-state index contributed by atoms with van der Waals surface area (Å²) in [6.45, 7) is -0.486. The zero-order valence-electron chi connectivity index (χ0n) is 20.9. The number of hydrogen-bond acceptors (Lipinski definition) is 7. The lowest BCUT2D eigenvalue weighted by Gasteiger charge is -2.18. The summed E-state index contributed by atoms with van der Waals surface area (Å²) in [6.07, 6.45) is 2.13. The van der Waals surface area contributed by atoms with Crippen LogP contribution in [0, 0.1) is 5.41 Å². The molecule has 1 aromatic carbocycles. The van der Waals surface area contributed by atoms with Gasteiger partial charge in [-0.2, -0.15) is 18.2 Å². The number of likely N-dealkylation sites (tertiary alicyclic amines) is 1. The van der Waals surface area contributed by atoms with Crippen molar-refractivity contribution in [3.63, 3.8) is 0 Å². The van der Waals surface area contributed by atoms with E-state index in [2.05, 4.69) is 20.3 Å². The van der Waals surface area contributed by atoms with Crippen LogP contribution >= 0.6 is 11.6 Å². The Labute approximate surface area is 229 Å². The number of halogens is 6. The van der Waals surface area contributed by atoms with Crippen molar-refractivity contribution in [1.82, 2.24) is 19.4 Å². The number of quaternary nitrogens is 1. The molecule has 0 spiro atoms. The number of aliphatic imine (C=N–C) groups is 1. The van der Waals surface area contributed by atoms with Crippen LogP contribution in [0.25, 0.3) is 11.2 Å². The summed E-state index contributed by atoms with van der Waals surface area (Å²) < 4.78 is 75.6. The van der Waals surface area contributed by atoms with Crippen LogP contribution in [0.5, 0.6) is 5.75 Å². The number of nitrogens with two attached hydrogens (primary N) is 1. The van der Waals surface area contributed by atoms with Crippen molar-refractivity contribution in [2.45, 2.75) is 25.1 Å². The Morgan fingerprint density at radius 2 is 2.10 bits per heavy atom. The molecule has 0 saturated carbocycles. The number of hydrogen-bond donors (Lipinski definition) is 3. The van der Waals surface area contributed by atoms with Crippen LogP contribution in [0.2, 0.25) is 5.02 Å². The van der Waals surface area contributed by atoms with Crippen molar-refractivity contribution in [2.24, 2.45) is 12.0 Å². The molecule has 4 N–H and O–H groups in total. The first kappa shape index (κ1) is 27.7. The molecule has 2 aliphatic rings. The average Bonchev–Trinajstić information content (AvgIpc) is 3.41. The van der Waals surface area contributed by atoms with Crippen molar-refractivity contribution in [3.8, 4) is 5.75 Å². The fraction of sp³-hybridized carbons (Fsp3) is 0.280. The largest absolute Gasteiger partial charge is 0.446 e. The van der Waals surface area contributed by atoms with E-state index in [4.69, 9.17) is 21.7 Å². The van der Waals surface area contributed by atoms with E-state index < -0.39 is 24.2 Å². The number of allylic oxidation sites excluding steroid dienone is 2. The van der Waals surface area contributed by atoms with Gasteiger partial charge in [-0.25, -0.2) is 13.8 Å². The van der Waals surface area contributed by atoms with Crippen LogP contribution < -0.4 is 15.4 Å². The van der Waals surface area contributed by atoms with Crippen molar-refractivity contribution in [1.29, 1.82) is 5.41 Å².